The maximum atomic E-state index is 11.1. The lowest BCUT2D eigenvalue weighted by Crippen LogP contribution is -2.48. The Morgan fingerprint density at radius 1 is 1.04 bits per heavy atom. The van der Waals surface area contributed by atoms with Gasteiger partial charge < -0.3 is 5.11 Å². The first-order valence-electron chi connectivity index (χ1n) is 8.30. The van der Waals surface area contributed by atoms with Gasteiger partial charge in [0.1, 0.15) is 0 Å². The molecule has 0 bridgehead atoms. The summed E-state index contributed by atoms with van der Waals surface area (Å²) in [6.07, 6.45) is 3.13. The van der Waals surface area contributed by atoms with Crippen LogP contribution in [0.3, 0.4) is 0 Å². The Balaban J connectivity index is 2.07. The highest BCUT2D eigenvalue weighted by Crippen LogP contribution is 2.53. The van der Waals surface area contributed by atoms with E-state index in [4.69, 9.17) is 0 Å². The fraction of sp³-hybridized carbons (Fsp3) is 0.381. The standard InChI is InChI=1S/C21H23NO/c1-20(23)13-8-14-21(16-22,15-17-9-4-2-5-10-17)19(20)18-11-6-3-7-12-18/h2-7,9-12,19,23H,8,13-15H2,1H3/t19-,20-,21-/m0/s1. The van der Waals surface area contributed by atoms with E-state index in [0.29, 0.717) is 6.42 Å². The van der Waals surface area contributed by atoms with Crippen LogP contribution in [0.2, 0.25) is 0 Å². The number of nitriles is 1. The van der Waals surface area contributed by atoms with Crippen LogP contribution in [0.5, 0.6) is 0 Å². The van der Waals surface area contributed by atoms with Crippen LogP contribution >= 0.6 is 0 Å². The first-order valence-corrected chi connectivity index (χ1v) is 8.30. The van der Waals surface area contributed by atoms with Crippen LogP contribution < -0.4 is 0 Å². The van der Waals surface area contributed by atoms with Gasteiger partial charge in [-0.3, -0.25) is 0 Å². The Morgan fingerprint density at radius 2 is 1.65 bits per heavy atom. The third-order valence-electron chi connectivity index (χ3n) is 5.20. The van der Waals surface area contributed by atoms with Crippen LogP contribution in [-0.2, 0) is 6.42 Å². The summed E-state index contributed by atoms with van der Waals surface area (Å²) in [5.41, 5.74) is 0.802. The normalized spacial score (nSPS) is 30.6. The van der Waals surface area contributed by atoms with Crippen molar-refractivity contribution in [2.75, 3.05) is 0 Å². The zero-order valence-electron chi connectivity index (χ0n) is 13.6. The highest BCUT2D eigenvalue weighted by atomic mass is 16.3. The summed E-state index contributed by atoms with van der Waals surface area (Å²) < 4.78 is 0. The Labute approximate surface area is 138 Å². The smallest absolute Gasteiger partial charge is 0.0710 e. The number of hydrogen-bond donors (Lipinski definition) is 1. The molecule has 1 fully saturated rings. The zero-order valence-corrected chi connectivity index (χ0v) is 13.6. The molecule has 3 atom stereocenters. The van der Waals surface area contributed by atoms with Crippen molar-refractivity contribution in [1.82, 2.24) is 0 Å². The Kier molecular flexibility index (Phi) is 4.24. The van der Waals surface area contributed by atoms with Crippen molar-refractivity contribution in [3.8, 4) is 6.07 Å². The molecule has 118 valence electrons. The second kappa shape index (κ2) is 6.18. The summed E-state index contributed by atoms with van der Waals surface area (Å²) in [4.78, 5) is 0. The minimum absolute atomic E-state index is 0.171. The molecule has 0 heterocycles. The van der Waals surface area contributed by atoms with E-state index in [2.05, 4.69) is 18.2 Å². The summed E-state index contributed by atoms with van der Waals surface area (Å²) >= 11 is 0. The second-order valence-electron chi connectivity index (χ2n) is 6.98. The summed E-state index contributed by atoms with van der Waals surface area (Å²) in [6, 6.07) is 22.8. The average molecular weight is 305 g/mol. The van der Waals surface area contributed by atoms with Gasteiger partial charge >= 0.3 is 0 Å². The SMILES string of the molecule is C[C@]1(O)CCC[C@@](C#N)(Cc2ccccc2)[C@H]1c1ccccc1. The minimum Gasteiger partial charge on any atom is -0.389 e. The molecule has 2 aromatic carbocycles. The van der Waals surface area contributed by atoms with E-state index >= 15 is 0 Å². The number of aliphatic hydroxyl groups is 1. The Bertz CT molecular complexity index is 687. The van der Waals surface area contributed by atoms with Crippen LogP contribution in [-0.4, -0.2) is 10.7 Å². The minimum atomic E-state index is -0.857. The number of hydrogen-bond acceptors (Lipinski definition) is 2. The van der Waals surface area contributed by atoms with E-state index in [1.165, 1.54) is 0 Å². The molecule has 2 aromatic rings. The van der Waals surface area contributed by atoms with Gasteiger partial charge in [-0.15, -0.1) is 0 Å². The Hall–Kier alpha value is -2.11. The van der Waals surface area contributed by atoms with E-state index in [9.17, 15) is 10.4 Å². The second-order valence-corrected chi connectivity index (χ2v) is 6.98. The van der Waals surface area contributed by atoms with Crippen molar-refractivity contribution >= 4 is 0 Å². The van der Waals surface area contributed by atoms with E-state index in [1.54, 1.807) is 0 Å². The highest BCUT2D eigenvalue weighted by Gasteiger charge is 2.51. The maximum Gasteiger partial charge on any atom is 0.0710 e. The molecule has 0 saturated heterocycles. The highest BCUT2D eigenvalue weighted by molar-refractivity contribution is 5.33. The summed E-state index contributed by atoms with van der Waals surface area (Å²) in [7, 11) is 0. The fourth-order valence-corrected chi connectivity index (χ4v) is 4.28. The van der Waals surface area contributed by atoms with Crippen molar-refractivity contribution in [2.24, 2.45) is 5.41 Å². The van der Waals surface area contributed by atoms with Gasteiger partial charge in [0.05, 0.1) is 17.1 Å². The topological polar surface area (TPSA) is 44.0 Å². The predicted molar refractivity (Wildman–Crippen MR) is 91.8 cm³/mol. The molecule has 1 N–H and O–H groups in total. The molecular formula is C21H23NO. The summed E-state index contributed by atoms with van der Waals surface area (Å²) in [5, 5.41) is 21.2. The molecule has 0 radical (unpaired) electrons. The van der Waals surface area contributed by atoms with E-state index in [0.717, 1.165) is 30.4 Å². The van der Waals surface area contributed by atoms with Gasteiger partial charge in [-0.25, -0.2) is 0 Å². The zero-order chi connectivity index (χ0) is 16.3. The molecule has 0 amide bonds. The molecule has 0 aromatic heterocycles. The monoisotopic (exact) mass is 305 g/mol. The number of benzene rings is 2. The van der Waals surface area contributed by atoms with E-state index in [1.807, 2.05) is 55.5 Å². The van der Waals surface area contributed by atoms with Crippen LogP contribution in [0.4, 0.5) is 0 Å². The molecule has 3 rings (SSSR count). The van der Waals surface area contributed by atoms with Crippen molar-refractivity contribution in [3.05, 3.63) is 71.8 Å². The number of nitrogens with zero attached hydrogens (tertiary/aromatic N) is 1. The van der Waals surface area contributed by atoms with E-state index < -0.39 is 11.0 Å². The fourth-order valence-electron chi connectivity index (χ4n) is 4.28. The summed E-state index contributed by atoms with van der Waals surface area (Å²) in [6.45, 7) is 1.89. The molecule has 1 saturated carbocycles. The molecule has 0 aliphatic heterocycles. The Morgan fingerprint density at radius 3 is 2.26 bits per heavy atom. The summed E-state index contributed by atoms with van der Waals surface area (Å²) in [5.74, 6) is -0.171. The van der Waals surface area contributed by atoms with Gasteiger partial charge in [-0.05, 0) is 43.7 Å². The first-order chi connectivity index (χ1) is 11.1. The van der Waals surface area contributed by atoms with Crippen molar-refractivity contribution in [1.29, 1.82) is 5.26 Å². The average Bonchev–Trinajstić information content (AvgIpc) is 2.56. The quantitative estimate of drug-likeness (QED) is 0.910. The molecule has 23 heavy (non-hydrogen) atoms. The molecule has 1 aliphatic carbocycles. The number of rotatable bonds is 3. The van der Waals surface area contributed by atoms with Crippen LogP contribution in [0.1, 0.15) is 43.2 Å². The lowest BCUT2D eigenvalue weighted by Gasteiger charge is -2.48. The van der Waals surface area contributed by atoms with E-state index in [-0.39, 0.29) is 5.92 Å². The van der Waals surface area contributed by atoms with Gasteiger partial charge in [0.15, 0.2) is 0 Å². The molecule has 0 spiro atoms. The first kappa shape index (κ1) is 15.8. The molecular weight excluding hydrogens is 282 g/mol. The molecule has 2 nitrogen and oxygen atoms in total. The van der Waals surface area contributed by atoms with Gasteiger partial charge in [0.25, 0.3) is 0 Å². The maximum absolute atomic E-state index is 11.1. The van der Waals surface area contributed by atoms with Gasteiger partial charge in [0, 0.05) is 5.92 Å². The third kappa shape index (κ3) is 3.02. The van der Waals surface area contributed by atoms with Crippen LogP contribution in [0, 0.1) is 16.7 Å². The van der Waals surface area contributed by atoms with Gasteiger partial charge in [-0.2, -0.15) is 5.26 Å². The molecule has 1 aliphatic rings. The van der Waals surface area contributed by atoms with Crippen molar-refractivity contribution in [2.45, 2.75) is 44.1 Å². The molecule has 0 unspecified atom stereocenters. The van der Waals surface area contributed by atoms with Crippen LogP contribution in [0.15, 0.2) is 60.7 Å². The molecule has 2 heteroatoms. The third-order valence-corrected chi connectivity index (χ3v) is 5.20. The largest absolute Gasteiger partial charge is 0.389 e. The van der Waals surface area contributed by atoms with Crippen molar-refractivity contribution in [3.63, 3.8) is 0 Å². The predicted octanol–water partition coefficient (Wildman–Crippen LogP) is 4.46. The van der Waals surface area contributed by atoms with Crippen molar-refractivity contribution < 1.29 is 5.11 Å². The lowest BCUT2D eigenvalue weighted by atomic mass is 9.56. The van der Waals surface area contributed by atoms with Crippen LogP contribution in [0.25, 0.3) is 0 Å². The van der Waals surface area contributed by atoms with Gasteiger partial charge in [-0.1, -0.05) is 60.7 Å². The lowest BCUT2D eigenvalue weighted by molar-refractivity contribution is -0.0437. The van der Waals surface area contributed by atoms with Gasteiger partial charge in [0.2, 0.25) is 0 Å².